The van der Waals surface area contributed by atoms with Crippen molar-refractivity contribution in [1.82, 2.24) is 4.90 Å². The monoisotopic (exact) mass is 435 g/mol. The van der Waals surface area contributed by atoms with Gasteiger partial charge in [-0.2, -0.15) is 10.1 Å². The third-order valence-corrected chi connectivity index (χ3v) is 5.99. The number of amides is 1. The van der Waals surface area contributed by atoms with E-state index in [1.807, 2.05) is 30.3 Å². The lowest BCUT2D eigenvalue weighted by atomic mass is 9.95. The Kier molecular flexibility index (Phi) is 5.93. The lowest BCUT2D eigenvalue weighted by molar-refractivity contribution is -0.120. The van der Waals surface area contributed by atoms with Gasteiger partial charge in [-0.1, -0.05) is 71.6 Å². The second kappa shape index (κ2) is 8.42. The standard InChI is InChI=1S/C21H20Cl3N3O/c22-15-11-17(23)20(18(24)12-15)27-21(28)16(13-26-9-5-2-6-10-26)19(25-27)14-7-3-1-4-8-14/h1,3-4,7-8,11-12,16H,2,5-6,9-10,13H2/t16-/m0/s1. The van der Waals surface area contributed by atoms with E-state index in [2.05, 4.69) is 10.0 Å². The van der Waals surface area contributed by atoms with Gasteiger partial charge in [-0.3, -0.25) is 4.79 Å². The number of piperidine rings is 1. The first-order valence-electron chi connectivity index (χ1n) is 9.39. The zero-order chi connectivity index (χ0) is 19.7. The Balaban J connectivity index is 1.73. The fourth-order valence-electron chi connectivity index (χ4n) is 3.82. The molecule has 0 aliphatic carbocycles. The highest BCUT2D eigenvalue weighted by molar-refractivity contribution is 6.43. The van der Waals surface area contributed by atoms with Crippen LogP contribution in [-0.4, -0.2) is 36.2 Å². The summed E-state index contributed by atoms with van der Waals surface area (Å²) in [7, 11) is 0. The van der Waals surface area contributed by atoms with E-state index in [0.29, 0.717) is 27.3 Å². The highest BCUT2D eigenvalue weighted by Gasteiger charge is 2.40. The molecule has 1 amide bonds. The average Bonchev–Trinajstić information content (AvgIpc) is 2.99. The number of likely N-dealkylation sites (tertiary alicyclic amines) is 1. The molecule has 2 aromatic carbocycles. The Morgan fingerprint density at radius 3 is 2.25 bits per heavy atom. The van der Waals surface area contributed by atoms with E-state index < -0.39 is 0 Å². The van der Waals surface area contributed by atoms with Gasteiger partial charge in [0.1, 0.15) is 5.69 Å². The molecule has 28 heavy (non-hydrogen) atoms. The first-order chi connectivity index (χ1) is 13.5. The van der Waals surface area contributed by atoms with Crippen molar-refractivity contribution >= 4 is 52.1 Å². The van der Waals surface area contributed by atoms with Crippen LogP contribution in [0.15, 0.2) is 47.6 Å². The van der Waals surface area contributed by atoms with Crippen molar-refractivity contribution in [2.45, 2.75) is 19.3 Å². The fraction of sp³-hybridized carbons (Fsp3) is 0.333. The first kappa shape index (κ1) is 19.7. The maximum Gasteiger partial charge on any atom is 0.258 e. The molecule has 4 nitrogen and oxygen atoms in total. The van der Waals surface area contributed by atoms with Crippen LogP contribution in [0.3, 0.4) is 0 Å². The van der Waals surface area contributed by atoms with Gasteiger partial charge in [0.25, 0.3) is 5.91 Å². The summed E-state index contributed by atoms with van der Waals surface area (Å²) in [5.41, 5.74) is 2.06. The van der Waals surface area contributed by atoms with Crippen molar-refractivity contribution in [3.8, 4) is 0 Å². The number of benzene rings is 2. The number of hydrogen-bond donors (Lipinski definition) is 0. The Labute approximate surface area is 179 Å². The summed E-state index contributed by atoms with van der Waals surface area (Å²) in [6.45, 7) is 2.66. The molecule has 0 radical (unpaired) electrons. The molecular formula is C21H20Cl3N3O. The normalized spacial score (nSPS) is 20.5. The average molecular weight is 437 g/mol. The molecular weight excluding hydrogens is 417 g/mol. The summed E-state index contributed by atoms with van der Waals surface area (Å²) < 4.78 is 0. The van der Waals surface area contributed by atoms with Gasteiger partial charge in [0, 0.05) is 11.6 Å². The molecule has 2 heterocycles. The number of carbonyl (C=O) groups is 1. The summed E-state index contributed by atoms with van der Waals surface area (Å²) in [5, 5.41) is 7.05. The van der Waals surface area contributed by atoms with Gasteiger partial charge in [-0.15, -0.1) is 0 Å². The Morgan fingerprint density at radius 1 is 0.964 bits per heavy atom. The van der Waals surface area contributed by atoms with Crippen molar-refractivity contribution in [3.05, 3.63) is 63.1 Å². The molecule has 2 aliphatic heterocycles. The van der Waals surface area contributed by atoms with E-state index in [0.717, 1.165) is 37.2 Å². The van der Waals surface area contributed by atoms with Crippen molar-refractivity contribution in [3.63, 3.8) is 0 Å². The Morgan fingerprint density at radius 2 is 1.61 bits per heavy atom. The summed E-state index contributed by atoms with van der Waals surface area (Å²) in [5.74, 6) is -0.473. The number of rotatable bonds is 4. The molecule has 146 valence electrons. The topological polar surface area (TPSA) is 35.9 Å². The largest absolute Gasteiger partial charge is 0.302 e. The highest BCUT2D eigenvalue weighted by Crippen LogP contribution is 2.40. The number of halogens is 3. The molecule has 7 heteroatoms. The molecule has 0 bridgehead atoms. The minimum absolute atomic E-state index is 0.115. The molecule has 1 fully saturated rings. The summed E-state index contributed by atoms with van der Waals surface area (Å²) >= 11 is 18.8. The van der Waals surface area contributed by atoms with Crippen LogP contribution in [0.5, 0.6) is 0 Å². The van der Waals surface area contributed by atoms with Crippen LogP contribution in [0, 0.1) is 5.92 Å². The van der Waals surface area contributed by atoms with Gasteiger partial charge in [-0.05, 0) is 43.6 Å². The quantitative estimate of drug-likeness (QED) is 0.634. The molecule has 0 spiro atoms. The van der Waals surface area contributed by atoms with E-state index in [4.69, 9.17) is 34.8 Å². The number of carbonyl (C=O) groups excluding carboxylic acids is 1. The van der Waals surface area contributed by atoms with E-state index in [9.17, 15) is 4.79 Å². The molecule has 0 N–H and O–H groups in total. The first-order valence-corrected chi connectivity index (χ1v) is 10.5. The number of hydrogen-bond acceptors (Lipinski definition) is 3. The van der Waals surface area contributed by atoms with Crippen molar-refractivity contribution < 1.29 is 4.79 Å². The van der Waals surface area contributed by atoms with E-state index in [-0.39, 0.29) is 11.8 Å². The summed E-state index contributed by atoms with van der Waals surface area (Å²) in [6.07, 6.45) is 3.57. The zero-order valence-electron chi connectivity index (χ0n) is 15.2. The van der Waals surface area contributed by atoms with Gasteiger partial charge in [0.2, 0.25) is 0 Å². The maximum atomic E-state index is 13.4. The summed E-state index contributed by atoms with van der Waals surface area (Å²) in [4.78, 5) is 15.7. The summed E-state index contributed by atoms with van der Waals surface area (Å²) in [6, 6.07) is 13.0. The van der Waals surface area contributed by atoms with Gasteiger partial charge >= 0.3 is 0 Å². The molecule has 2 aliphatic rings. The molecule has 0 saturated carbocycles. The second-order valence-corrected chi connectivity index (χ2v) is 8.38. The fourth-order valence-corrected chi connectivity index (χ4v) is 4.80. The molecule has 0 aromatic heterocycles. The van der Waals surface area contributed by atoms with E-state index in [1.165, 1.54) is 11.4 Å². The second-order valence-electron chi connectivity index (χ2n) is 7.13. The predicted molar refractivity (Wildman–Crippen MR) is 116 cm³/mol. The van der Waals surface area contributed by atoms with Crippen molar-refractivity contribution in [2.24, 2.45) is 11.0 Å². The molecule has 2 aromatic rings. The molecule has 1 atom stereocenters. The van der Waals surface area contributed by atoms with Crippen LogP contribution in [0.2, 0.25) is 15.1 Å². The van der Waals surface area contributed by atoms with Gasteiger partial charge in [-0.25, -0.2) is 0 Å². The Hall–Kier alpha value is -1.59. The van der Waals surface area contributed by atoms with Crippen LogP contribution in [0.1, 0.15) is 24.8 Å². The predicted octanol–water partition coefficient (Wildman–Crippen LogP) is 5.50. The maximum absolute atomic E-state index is 13.4. The van der Waals surface area contributed by atoms with Crippen molar-refractivity contribution in [2.75, 3.05) is 24.6 Å². The minimum atomic E-state index is -0.358. The van der Waals surface area contributed by atoms with Crippen LogP contribution < -0.4 is 5.01 Å². The SMILES string of the molecule is O=C1[C@@H](CN2CCCCC2)C(c2ccccc2)=NN1c1c(Cl)cc(Cl)cc1Cl. The molecule has 1 saturated heterocycles. The Bertz CT molecular complexity index is 887. The minimum Gasteiger partial charge on any atom is -0.302 e. The zero-order valence-corrected chi connectivity index (χ0v) is 17.5. The van der Waals surface area contributed by atoms with Crippen LogP contribution in [-0.2, 0) is 4.79 Å². The lowest BCUT2D eigenvalue weighted by Crippen LogP contribution is -2.40. The third-order valence-electron chi connectivity index (χ3n) is 5.20. The van der Waals surface area contributed by atoms with Crippen molar-refractivity contribution in [1.29, 1.82) is 0 Å². The van der Waals surface area contributed by atoms with Gasteiger partial charge in [0.15, 0.2) is 0 Å². The molecule has 4 rings (SSSR count). The highest BCUT2D eigenvalue weighted by atomic mass is 35.5. The van der Waals surface area contributed by atoms with Crippen LogP contribution in [0.25, 0.3) is 0 Å². The number of anilines is 1. The van der Waals surface area contributed by atoms with E-state index in [1.54, 1.807) is 12.1 Å². The smallest absolute Gasteiger partial charge is 0.258 e. The van der Waals surface area contributed by atoms with Crippen LogP contribution >= 0.6 is 34.8 Å². The van der Waals surface area contributed by atoms with Crippen LogP contribution in [0.4, 0.5) is 5.69 Å². The van der Waals surface area contributed by atoms with Gasteiger partial charge < -0.3 is 4.90 Å². The number of nitrogens with zero attached hydrogens (tertiary/aromatic N) is 3. The van der Waals surface area contributed by atoms with Gasteiger partial charge in [0.05, 0.1) is 21.7 Å². The third kappa shape index (κ3) is 3.92. The lowest BCUT2D eigenvalue weighted by Gasteiger charge is -2.29. The number of hydrazone groups is 1. The molecule has 0 unspecified atom stereocenters. The van der Waals surface area contributed by atoms with E-state index >= 15 is 0 Å².